The van der Waals surface area contributed by atoms with Crippen molar-refractivity contribution in [2.75, 3.05) is 13.2 Å². The van der Waals surface area contributed by atoms with E-state index in [1.54, 1.807) is 0 Å². The van der Waals surface area contributed by atoms with E-state index in [1.807, 2.05) is 0 Å². The van der Waals surface area contributed by atoms with E-state index in [-0.39, 0.29) is 31.1 Å². The average molecular weight is 447 g/mol. The van der Waals surface area contributed by atoms with E-state index < -0.39 is 41.4 Å². The van der Waals surface area contributed by atoms with Gasteiger partial charge < -0.3 is 25.0 Å². The summed E-state index contributed by atoms with van der Waals surface area (Å²) in [4.78, 5) is 34.6. The number of ether oxygens (including phenoxy) is 2. The molecule has 0 spiro atoms. The number of benzene rings is 1. The fourth-order valence-corrected chi connectivity index (χ4v) is 3.02. The molecule has 3 N–H and O–H groups in total. The normalized spacial score (nSPS) is 22.5. The molecular weight excluding hydrogens is 423 g/mol. The molecule has 0 aromatic heterocycles. The minimum Gasteiger partial charge on any atom is -0.480 e. The lowest BCUT2D eigenvalue weighted by Gasteiger charge is -2.34. The van der Waals surface area contributed by atoms with Crippen LogP contribution in [0.1, 0.15) is 48.5 Å². The van der Waals surface area contributed by atoms with E-state index in [2.05, 4.69) is 5.32 Å². The van der Waals surface area contributed by atoms with Crippen molar-refractivity contribution in [2.45, 2.75) is 50.6 Å². The third kappa shape index (κ3) is 6.93. The van der Waals surface area contributed by atoms with Crippen LogP contribution >= 0.6 is 0 Å². The molecule has 1 aliphatic rings. The van der Waals surface area contributed by atoms with Crippen molar-refractivity contribution in [1.82, 2.24) is 5.32 Å². The molecule has 2 rings (SSSR count). The van der Waals surface area contributed by atoms with E-state index in [4.69, 9.17) is 14.6 Å². The zero-order valence-electron chi connectivity index (χ0n) is 16.8. The second-order valence-electron chi connectivity index (χ2n) is 7.46. The molecular formula is C20H24F3NO7. The number of unbranched alkanes of at least 4 members (excludes halogenated alkanes) is 1. The molecule has 1 heterocycles. The highest BCUT2D eigenvalue weighted by atomic mass is 19.4. The highest BCUT2D eigenvalue weighted by Crippen LogP contribution is 2.29. The molecule has 0 radical (unpaired) electrons. The molecule has 1 unspecified atom stereocenters. The third-order valence-electron chi connectivity index (χ3n) is 5.01. The predicted octanol–water partition coefficient (Wildman–Crippen LogP) is 2.91. The summed E-state index contributed by atoms with van der Waals surface area (Å²) in [5, 5.41) is 20.7. The van der Waals surface area contributed by atoms with Crippen molar-refractivity contribution < 1.29 is 47.2 Å². The van der Waals surface area contributed by atoms with E-state index in [1.165, 1.54) is 6.92 Å². The van der Waals surface area contributed by atoms with Gasteiger partial charge in [0.1, 0.15) is 6.04 Å². The number of alkyl halides is 3. The number of carbonyl (C=O) groups excluding carboxylic acids is 1. The molecule has 8 nitrogen and oxygen atoms in total. The Bertz CT molecular complexity index is 787. The van der Waals surface area contributed by atoms with Gasteiger partial charge >= 0.3 is 18.1 Å². The van der Waals surface area contributed by atoms with Gasteiger partial charge in [0.2, 0.25) is 0 Å². The summed E-state index contributed by atoms with van der Waals surface area (Å²) in [6.45, 7) is 1.73. The molecule has 11 heteroatoms. The van der Waals surface area contributed by atoms with Gasteiger partial charge in [0.05, 0.1) is 18.8 Å². The molecule has 1 atom stereocenters. The number of carboxylic acid groups (broad SMARTS) is 2. The Kier molecular flexibility index (Phi) is 8.02. The van der Waals surface area contributed by atoms with Crippen LogP contribution in [0, 0.1) is 5.92 Å². The van der Waals surface area contributed by atoms with Crippen LogP contribution in [0.2, 0.25) is 0 Å². The van der Waals surface area contributed by atoms with Crippen molar-refractivity contribution in [1.29, 1.82) is 0 Å². The number of carboxylic acids is 2. The topological polar surface area (TPSA) is 122 Å². The summed E-state index contributed by atoms with van der Waals surface area (Å²) in [5.41, 5.74) is -0.976. The third-order valence-corrected chi connectivity index (χ3v) is 5.01. The van der Waals surface area contributed by atoms with E-state index in [0.29, 0.717) is 19.3 Å². The van der Waals surface area contributed by atoms with Gasteiger partial charge in [-0.15, -0.1) is 0 Å². The number of hydrogen-bond acceptors (Lipinski definition) is 5. The largest absolute Gasteiger partial charge is 0.480 e. The average Bonchev–Trinajstić information content (AvgIpc) is 2.70. The number of nitrogens with one attached hydrogen (secondary N) is 1. The zero-order valence-corrected chi connectivity index (χ0v) is 16.8. The maximum absolute atomic E-state index is 12.6. The monoisotopic (exact) mass is 447 g/mol. The van der Waals surface area contributed by atoms with Crippen molar-refractivity contribution in [3.8, 4) is 0 Å². The number of aliphatic carboxylic acids is 2. The van der Waals surface area contributed by atoms with E-state index in [9.17, 15) is 32.7 Å². The van der Waals surface area contributed by atoms with Crippen molar-refractivity contribution in [3.63, 3.8) is 0 Å². The number of amides is 1. The van der Waals surface area contributed by atoms with Crippen LogP contribution in [-0.2, 0) is 25.2 Å². The van der Waals surface area contributed by atoms with E-state index >= 15 is 0 Å². The molecule has 0 aliphatic carbocycles. The van der Waals surface area contributed by atoms with Crippen LogP contribution in [0.4, 0.5) is 13.2 Å². The van der Waals surface area contributed by atoms with Crippen LogP contribution in [0.15, 0.2) is 24.3 Å². The molecule has 172 valence electrons. The molecule has 1 aromatic rings. The maximum Gasteiger partial charge on any atom is 0.416 e. The quantitative estimate of drug-likeness (QED) is 0.498. The van der Waals surface area contributed by atoms with Gasteiger partial charge in [0.25, 0.3) is 11.7 Å². The van der Waals surface area contributed by atoms with Gasteiger partial charge in [0, 0.05) is 18.4 Å². The summed E-state index contributed by atoms with van der Waals surface area (Å²) in [6.07, 6.45) is -2.73. The fourth-order valence-electron chi connectivity index (χ4n) is 3.02. The Morgan fingerprint density at radius 1 is 1.13 bits per heavy atom. The summed E-state index contributed by atoms with van der Waals surface area (Å²) in [7, 11) is 0. The van der Waals surface area contributed by atoms with Crippen LogP contribution in [0.5, 0.6) is 0 Å². The lowest BCUT2D eigenvalue weighted by Crippen LogP contribution is -2.47. The minimum atomic E-state index is -4.53. The van der Waals surface area contributed by atoms with Gasteiger partial charge in [-0.25, -0.2) is 9.59 Å². The molecule has 0 bridgehead atoms. The predicted molar refractivity (Wildman–Crippen MR) is 100 cm³/mol. The number of carbonyl (C=O) groups is 3. The van der Waals surface area contributed by atoms with Gasteiger partial charge in [-0.2, -0.15) is 13.2 Å². The molecule has 1 aliphatic heterocycles. The van der Waals surface area contributed by atoms with Crippen LogP contribution in [-0.4, -0.2) is 53.1 Å². The summed E-state index contributed by atoms with van der Waals surface area (Å²) in [6, 6.07) is 2.31. The summed E-state index contributed by atoms with van der Waals surface area (Å²) < 4.78 is 48.3. The zero-order chi connectivity index (χ0) is 23.2. The van der Waals surface area contributed by atoms with E-state index in [0.717, 1.165) is 24.3 Å². The Hall–Kier alpha value is -2.66. The fraction of sp³-hybridized carbons (Fsp3) is 0.550. The first-order chi connectivity index (χ1) is 14.4. The standard InChI is InChI=1S/C20H24F3NO7/c1-19(18(28)29)30-10-12(11-31-19)4-2-3-5-15(17(26)27)24-16(25)13-6-8-14(9-7-13)20(21,22)23/h6-9,12,15H,2-5,10-11H2,1H3,(H,24,25)(H,26,27)(H,28,29). The Morgan fingerprint density at radius 2 is 1.71 bits per heavy atom. The van der Waals surface area contributed by atoms with Crippen molar-refractivity contribution in [2.24, 2.45) is 5.92 Å². The SMILES string of the molecule is CC1(C(=O)O)OCC(CCCCC(NC(=O)c2ccc(C(F)(F)F)cc2)C(=O)O)CO1. The summed E-state index contributed by atoms with van der Waals surface area (Å²) >= 11 is 0. The van der Waals surface area contributed by atoms with Crippen molar-refractivity contribution in [3.05, 3.63) is 35.4 Å². The first-order valence-electron chi connectivity index (χ1n) is 9.64. The first kappa shape index (κ1) is 24.6. The molecule has 1 fully saturated rings. The number of halogens is 3. The number of rotatable bonds is 9. The van der Waals surface area contributed by atoms with Gasteiger partial charge in [-0.3, -0.25) is 4.79 Å². The molecule has 1 aromatic carbocycles. The van der Waals surface area contributed by atoms with Crippen LogP contribution < -0.4 is 5.32 Å². The summed E-state index contributed by atoms with van der Waals surface area (Å²) in [5.74, 6) is -4.92. The number of hydrogen-bond donors (Lipinski definition) is 3. The second kappa shape index (κ2) is 10.1. The van der Waals surface area contributed by atoms with Crippen LogP contribution in [0.25, 0.3) is 0 Å². The maximum atomic E-state index is 12.6. The second-order valence-corrected chi connectivity index (χ2v) is 7.46. The van der Waals surface area contributed by atoms with Crippen molar-refractivity contribution >= 4 is 17.8 Å². The Labute approximate surface area is 176 Å². The minimum absolute atomic E-state index is 0.0301. The lowest BCUT2D eigenvalue weighted by molar-refractivity contribution is -0.271. The highest BCUT2D eigenvalue weighted by Gasteiger charge is 2.40. The smallest absolute Gasteiger partial charge is 0.416 e. The lowest BCUT2D eigenvalue weighted by atomic mass is 9.99. The Balaban J connectivity index is 1.78. The van der Waals surface area contributed by atoms with Gasteiger partial charge in [-0.1, -0.05) is 12.8 Å². The van der Waals surface area contributed by atoms with Gasteiger partial charge in [-0.05, 0) is 37.1 Å². The first-order valence-corrected chi connectivity index (χ1v) is 9.64. The molecule has 1 saturated heterocycles. The molecule has 0 saturated carbocycles. The van der Waals surface area contributed by atoms with Gasteiger partial charge in [0.15, 0.2) is 0 Å². The Morgan fingerprint density at radius 3 is 2.19 bits per heavy atom. The van der Waals surface area contributed by atoms with Crippen LogP contribution in [0.3, 0.4) is 0 Å². The molecule has 31 heavy (non-hydrogen) atoms. The highest BCUT2D eigenvalue weighted by molar-refractivity contribution is 5.96. The molecule has 1 amide bonds.